The van der Waals surface area contributed by atoms with Gasteiger partial charge in [-0.05, 0) is 35.6 Å². The number of hydrogen-bond acceptors (Lipinski definition) is 7. The number of amides is 1. The zero-order chi connectivity index (χ0) is 24.2. The topological polar surface area (TPSA) is 103 Å². The molecule has 8 heteroatoms. The van der Waals surface area contributed by atoms with Crippen molar-refractivity contribution in [2.75, 3.05) is 32.8 Å². The summed E-state index contributed by atoms with van der Waals surface area (Å²) in [6.45, 7) is 10.5. The van der Waals surface area contributed by atoms with Crippen molar-refractivity contribution >= 4 is 5.91 Å². The zero-order valence-electron chi connectivity index (χ0n) is 20.1. The van der Waals surface area contributed by atoms with Gasteiger partial charge in [0.15, 0.2) is 0 Å². The summed E-state index contributed by atoms with van der Waals surface area (Å²) in [6.07, 6.45) is -0.601. The molecule has 2 saturated heterocycles. The van der Waals surface area contributed by atoms with E-state index in [9.17, 15) is 15.0 Å². The number of carbonyl (C=O) groups is 1. The van der Waals surface area contributed by atoms with E-state index in [1.165, 1.54) is 11.6 Å². The van der Waals surface area contributed by atoms with Gasteiger partial charge in [-0.3, -0.25) is 14.5 Å². The first-order valence-corrected chi connectivity index (χ1v) is 12.0. The highest BCUT2D eigenvalue weighted by molar-refractivity contribution is 5.83. The van der Waals surface area contributed by atoms with Gasteiger partial charge in [0.05, 0.1) is 13.2 Å². The van der Waals surface area contributed by atoms with Crippen LogP contribution in [-0.2, 0) is 20.9 Å². The number of phenolic OH excluding ortho intramolecular Hbond substituents is 2. The molecule has 0 bridgehead atoms. The number of nitrogens with one attached hydrogen (secondary N) is 2. The Bertz CT molecular complexity index is 989. The molecule has 3 unspecified atom stereocenters. The average molecular weight is 470 g/mol. The minimum Gasteiger partial charge on any atom is -0.508 e. The molecule has 1 amide bonds. The van der Waals surface area contributed by atoms with Crippen LogP contribution in [0.2, 0.25) is 0 Å². The normalized spacial score (nSPS) is 23.4. The second-order valence-corrected chi connectivity index (χ2v) is 9.31. The highest BCUT2D eigenvalue weighted by atomic mass is 16.7. The SMILES string of the molecule is CCNC(=O)C1NOC(c2cc(C(C)C)c(O)cc2O)C1c1ccc(CN2CCOCC2)cc1. The van der Waals surface area contributed by atoms with Crippen molar-refractivity contribution in [3.8, 4) is 11.5 Å². The van der Waals surface area contributed by atoms with Gasteiger partial charge in [-0.1, -0.05) is 38.1 Å². The summed E-state index contributed by atoms with van der Waals surface area (Å²) in [7, 11) is 0. The molecule has 2 aromatic carbocycles. The lowest BCUT2D eigenvalue weighted by Gasteiger charge is -2.27. The number of likely N-dealkylation sites (N-methyl/N-ethyl adjacent to an activating group) is 1. The van der Waals surface area contributed by atoms with Crippen molar-refractivity contribution < 1.29 is 24.6 Å². The average Bonchev–Trinajstić information content (AvgIpc) is 3.25. The predicted molar refractivity (Wildman–Crippen MR) is 129 cm³/mol. The third-order valence-corrected chi connectivity index (χ3v) is 6.62. The van der Waals surface area contributed by atoms with Crippen LogP contribution in [0.25, 0.3) is 0 Å². The minimum absolute atomic E-state index is 0.0477. The highest BCUT2D eigenvalue weighted by Gasteiger charge is 2.44. The van der Waals surface area contributed by atoms with E-state index >= 15 is 0 Å². The van der Waals surface area contributed by atoms with Crippen LogP contribution in [0, 0.1) is 0 Å². The van der Waals surface area contributed by atoms with Gasteiger partial charge in [0, 0.05) is 43.7 Å². The third kappa shape index (κ3) is 5.20. The second kappa shape index (κ2) is 10.7. The van der Waals surface area contributed by atoms with Crippen LogP contribution in [0.15, 0.2) is 36.4 Å². The van der Waals surface area contributed by atoms with Crippen molar-refractivity contribution in [2.45, 2.75) is 51.3 Å². The first-order chi connectivity index (χ1) is 16.4. The summed E-state index contributed by atoms with van der Waals surface area (Å²) in [4.78, 5) is 21.2. The maximum Gasteiger partial charge on any atom is 0.240 e. The molecule has 0 radical (unpaired) electrons. The van der Waals surface area contributed by atoms with Crippen molar-refractivity contribution in [3.63, 3.8) is 0 Å². The van der Waals surface area contributed by atoms with Gasteiger partial charge in [-0.25, -0.2) is 0 Å². The van der Waals surface area contributed by atoms with E-state index in [-0.39, 0.29) is 29.2 Å². The molecule has 3 atom stereocenters. The van der Waals surface area contributed by atoms with Gasteiger partial charge in [0.1, 0.15) is 23.6 Å². The number of carbonyl (C=O) groups excluding carboxylic acids is 1. The minimum atomic E-state index is -0.620. The van der Waals surface area contributed by atoms with Crippen LogP contribution in [0.5, 0.6) is 11.5 Å². The molecule has 2 aromatic rings. The molecule has 0 saturated carbocycles. The molecular formula is C26H35N3O5. The molecule has 8 nitrogen and oxygen atoms in total. The van der Waals surface area contributed by atoms with Gasteiger partial charge < -0.3 is 20.3 Å². The molecule has 2 aliphatic heterocycles. The van der Waals surface area contributed by atoms with Crippen molar-refractivity contribution in [3.05, 3.63) is 58.7 Å². The third-order valence-electron chi connectivity index (χ3n) is 6.62. The first kappa shape index (κ1) is 24.5. The smallest absolute Gasteiger partial charge is 0.240 e. The van der Waals surface area contributed by atoms with Gasteiger partial charge in [0.25, 0.3) is 0 Å². The molecule has 0 aliphatic carbocycles. The Balaban J connectivity index is 1.65. The monoisotopic (exact) mass is 469 g/mol. The number of aromatic hydroxyl groups is 2. The Morgan fingerprint density at radius 3 is 2.50 bits per heavy atom. The fraction of sp³-hybridized carbons (Fsp3) is 0.500. The van der Waals surface area contributed by atoms with E-state index in [1.807, 2.05) is 32.9 Å². The first-order valence-electron chi connectivity index (χ1n) is 12.0. The van der Waals surface area contributed by atoms with Crippen LogP contribution in [0.1, 0.15) is 61.0 Å². The van der Waals surface area contributed by atoms with Crippen LogP contribution in [0.3, 0.4) is 0 Å². The van der Waals surface area contributed by atoms with Gasteiger partial charge in [0.2, 0.25) is 5.91 Å². The second-order valence-electron chi connectivity index (χ2n) is 9.31. The number of morpholine rings is 1. The van der Waals surface area contributed by atoms with Crippen LogP contribution in [0.4, 0.5) is 0 Å². The Kier molecular flexibility index (Phi) is 7.73. The summed E-state index contributed by atoms with van der Waals surface area (Å²) < 4.78 is 5.44. The van der Waals surface area contributed by atoms with Gasteiger partial charge in [-0.2, -0.15) is 5.48 Å². The molecule has 2 fully saturated rings. The summed E-state index contributed by atoms with van der Waals surface area (Å²) in [5, 5.41) is 23.9. The lowest BCUT2D eigenvalue weighted by molar-refractivity contribution is -0.124. The standard InChI is InChI=1S/C26H35N3O5/c1-4-27-26(32)24-23(18-7-5-17(6-8-18)15-29-9-11-33-12-10-29)25(34-28-24)20-13-19(16(2)3)21(30)14-22(20)31/h5-8,13-14,16,23-25,28,30-31H,4,9-12,15H2,1-3H3,(H,27,32). The molecule has 0 spiro atoms. The van der Waals surface area contributed by atoms with E-state index in [0.29, 0.717) is 12.1 Å². The maximum atomic E-state index is 12.9. The van der Waals surface area contributed by atoms with E-state index in [2.05, 4.69) is 27.8 Å². The predicted octanol–water partition coefficient (Wildman–Crippen LogP) is 2.92. The van der Waals surface area contributed by atoms with Gasteiger partial charge >= 0.3 is 0 Å². The number of ether oxygens (including phenoxy) is 1. The fourth-order valence-electron chi connectivity index (χ4n) is 4.76. The quantitative estimate of drug-likeness (QED) is 0.494. The Hall–Kier alpha value is -2.65. The lowest BCUT2D eigenvalue weighted by Crippen LogP contribution is -2.43. The summed E-state index contributed by atoms with van der Waals surface area (Å²) in [5.74, 6) is -0.467. The van der Waals surface area contributed by atoms with E-state index in [0.717, 1.165) is 44.0 Å². The molecule has 34 heavy (non-hydrogen) atoms. The van der Waals surface area contributed by atoms with E-state index in [1.54, 1.807) is 6.07 Å². The number of nitrogens with zero attached hydrogens (tertiary/aromatic N) is 1. The van der Waals surface area contributed by atoms with Crippen molar-refractivity contribution in [1.29, 1.82) is 0 Å². The number of hydroxylamine groups is 1. The number of phenols is 2. The largest absolute Gasteiger partial charge is 0.508 e. The van der Waals surface area contributed by atoms with Gasteiger partial charge in [-0.15, -0.1) is 0 Å². The van der Waals surface area contributed by atoms with E-state index < -0.39 is 12.1 Å². The highest BCUT2D eigenvalue weighted by Crippen LogP contribution is 2.46. The van der Waals surface area contributed by atoms with Crippen LogP contribution < -0.4 is 10.8 Å². The van der Waals surface area contributed by atoms with Crippen LogP contribution in [-0.4, -0.2) is 59.9 Å². The number of benzene rings is 2. The Morgan fingerprint density at radius 1 is 1.15 bits per heavy atom. The van der Waals surface area contributed by atoms with Crippen LogP contribution >= 0.6 is 0 Å². The summed E-state index contributed by atoms with van der Waals surface area (Å²) in [6, 6.07) is 10.8. The zero-order valence-corrected chi connectivity index (χ0v) is 20.1. The molecular weight excluding hydrogens is 434 g/mol. The summed E-state index contributed by atoms with van der Waals surface area (Å²) in [5.41, 5.74) is 6.30. The molecule has 4 N–H and O–H groups in total. The lowest BCUT2D eigenvalue weighted by atomic mass is 9.82. The molecule has 2 heterocycles. The molecule has 2 aliphatic rings. The number of rotatable bonds is 7. The molecule has 0 aromatic heterocycles. The number of hydrogen-bond donors (Lipinski definition) is 4. The summed E-state index contributed by atoms with van der Waals surface area (Å²) >= 11 is 0. The Labute approximate surface area is 200 Å². The fourth-order valence-corrected chi connectivity index (χ4v) is 4.76. The molecule has 184 valence electrons. The molecule has 4 rings (SSSR count). The maximum absolute atomic E-state index is 12.9. The van der Waals surface area contributed by atoms with Crippen molar-refractivity contribution in [1.82, 2.24) is 15.7 Å². The Morgan fingerprint density at radius 2 is 1.85 bits per heavy atom. The van der Waals surface area contributed by atoms with Crippen molar-refractivity contribution in [2.24, 2.45) is 0 Å². The van der Waals surface area contributed by atoms with E-state index in [4.69, 9.17) is 9.57 Å².